The molecule has 0 spiro atoms. The Labute approximate surface area is 163 Å². The van der Waals surface area contributed by atoms with Gasteiger partial charge in [-0.3, -0.25) is 0 Å². The van der Waals surface area contributed by atoms with Crippen LogP contribution in [-0.2, 0) is 0 Å². The summed E-state index contributed by atoms with van der Waals surface area (Å²) >= 11 is 0. The van der Waals surface area contributed by atoms with Gasteiger partial charge in [0.05, 0.1) is 17.3 Å². The predicted octanol–water partition coefficient (Wildman–Crippen LogP) is 4.99. The summed E-state index contributed by atoms with van der Waals surface area (Å²) in [5.74, 6) is 1.04. The number of para-hydroxylation sites is 1. The van der Waals surface area contributed by atoms with Crippen LogP contribution in [0.1, 0.15) is 22.3 Å². The quantitative estimate of drug-likeness (QED) is 0.617. The number of hydrogen-bond donors (Lipinski definition) is 2. The highest BCUT2D eigenvalue weighted by molar-refractivity contribution is 5.69. The maximum absolute atomic E-state index is 9.22. The molecule has 3 aromatic rings. The molecule has 0 fully saturated rings. The molecule has 0 saturated heterocycles. The summed E-state index contributed by atoms with van der Waals surface area (Å²) < 4.78 is 0. The van der Waals surface area contributed by atoms with Crippen LogP contribution in [-0.4, -0.2) is 9.97 Å². The number of aryl methyl sites for hydroxylation is 2. The lowest BCUT2D eigenvalue weighted by molar-refractivity contribution is 1.16. The van der Waals surface area contributed by atoms with E-state index in [1.807, 2.05) is 50.2 Å². The van der Waals surface area contributed by atoms with Gasteiger partial charge in [0.2, 0.25) is 5.95 Å². The van der Waals surface area contributed by atoms with Gasteiger partial charge in [-0.25, -0.2) is 4.98 Å². The first-order valence-electron chi connectivity index (χ1n) is 8.64. The molecule has 1 heterocycles. The smallest absolute Gasteiger partial charge is 0.229 e. The van der Waals surface area contributed by atoms with Crippen LogP contribution in [0.25, 0.3) is 6.08 Å². The van der Waals surface area contributed by atoms with E-state index in [1.165, 1.54) is 6.08 Å². The summed E-state index contributed by atoms with van der Waals surface area (Å²) in [6.07, 6.45) is 4.90. The second kappa shape index (κ2) is 8.48. The van der Waals surface area contributed by atoms with E-state index < -0.39 is 0 Å². The van der Waals surface area contributed by atoms with Crippen LogP contribution < -0.4 is 10.6 Å². The minimum absolute atomic E-state index is 0.400. The van der Waals surface area contributed by atoms with Crippen molar-refractivity contribution in [1.82, 2.24) is 9.97 Å². The second-order valence-corrected chi connectivity index (χ2v) is 6.17. The SMILES string of the molecule is Cc1cc(C=CC#N)cc(C)c1Nc1ccnc(Nc2ccccc2C#N)n1. The van der Waals surface area contributed by atoms with E-state index in [4.69, 9.17) is 5.26 Å². The van der Waals surface area contributed by atoms with Crippen molar-refractivity contribution in [2.45, 2.75) is 13.8 Å². The summed E-state index contributed by atoms with van der Waals surface area (Å²) in [5, 5.41) is 24.3. The lowest BCUT2D eigenvalue weighted by atomic mass is 10.0. The largest absolute Gasteiger partial charge is 0.340 e. The molecule has 2 aromatic carbocycles. The number of hydrogen-bond acceptors (Lipinski definition) is 6. The Hall–Kier alpha value is -4.16. The third kappa shape index (κ3) is 4.32. The average Bonchev–Trinajstić information content (AvgIpc) is 2.70. The number of allylic oxidation sites excluding steroid dienone is 1. The highest BCUT2D eigenvalue weighted by Crippen LogP contribution is 2.26. The van der Waals surface area contributed by atoms with Crippen LogP contribution in [0.3, 0.4) is 0 Å². The first-order chi connectivity index (χ1) is 13.6. The standard InChI is InChI=1S/C22H18N6/c1-15-12-17(6-5-10-23)13-16(2)21(15)27-20-9-11-25-22(28-20)26-19-8-4-3-7-18(19)14-24/h3-9,11-13H,1-2H3,(H2,25,26,27,28). The molecule has 136 valence electrons. The van der Waals surface area contributed by atoms with E-state index >= 15 is 0 Å². The van der Waals surface area contributed by atoms with Gasteiger partial charge in [0.1, 0.15) is 11.9 Å². The maximum Gasteiger partial charge on any atom is 0.229 e. The third-order valence-corrected chi connectivity index (χ3v) is 4.11. The molecule has 0 radical (unpaired) electrons. The average molecular weight is 366 g/mol. The fourth-order valence-electron chi connectivity index (χ4n) is 2.85. The third-order valence-electron chi connectivity index (χ3n) is 4.11. The van der Waals surface area contributed by atoms with Crippen LogP contribution in [0.4, 0.5) is 23.1 Å². The van der Waals surface area contributed by atoms with Gasteiger partial charge < -0.3 is 10.6 Å². The van der Waals surface area contributed by atoms with Gasteiger partial charge in [0.25, 0.3) is 0 Å². The van der Waals surface area contributed by atoms with E-state index in [0.717, 1.165) is 22.4 Å². The fraction of sp³-hybridized carbons (Fsp3) is 0.0909. The summed E-state index contributed by atoms with van der Waals surface area (Å²) in [5.41, 5.74) is 5.19. The molecule has 0 bridgehead atoms. The van der Waals surface area contributed by atoms with Crippen molar-refractivity contribution in [1.29, 1.82) is 10.5 Å². The van der Waals surface area contributed by atoms with Gasteiger partial charge in [-0.1, -0.05) is 12.1 Å². The highest BCUT2D eigenvalue weighted by Gasteiger charge is 2.08. The second-order valence-electron chi connectivity index (χ2n) is 6.17. The van der Waals surface area contributed by atoms with E-state index in [-0.39, 0.29) is 0 Å². The molecule has 2 N–H and O–H groups in total. The molecule has 6 heteroatoms. The molecule has 3 rings (SSSR count). The molecule has 0 aliphatic carbocycles. The number of rotatable bonds is 5. The monoisotopic (exact) mass is 366 g/mol. The van der Waals surface area contributed by atoms with E-state index in [1.54, 1.807) is 24.4 Å². The van der Waals surface area contributed by atoms with Gasteiger partial charge >= 0.3 is 0 Å². The number of nitriles is 2. The zero-order valence-corrected chi connectivity index (χ0v) is 15.6. The summed E-state index contributed by atoms with van der Waals surface area (Å²) in [7, 11) is 0. The Bertz CT molecular complexity index is 1100. The van der Waals surface area contributed by atoms with Crippen molar-refractivity contribution in [2.24, 2.45) is 0 Å². The van der Waals surface area contributed by atoms with Crippen LogP contribution >= 0.6 is 0 Å². The molecule has 0 unspecified atom stereocenters. The Balaban J connectivity index is 1.85. The molecule has 1 aromatic heterocycles. The zero-order valence-electron chi connectivity index (χ0n) is 15.6. The number of nitrogens with zero attached hydrogens (tertiary/aromatic N) is 4. The summed E-state index contributed by atoms with van der Waals surface area (Å²) in [6.45, 7) is 4.01. The summed E-state index contributed by atoms with van der Waals surface area (Å²) in [4.78, 5) is 8.73. The number of anilines is 4. The number of aromatic nitrogens is 2. The van der Waals surface area contributed by atoms with Crippen molar-refractivity contribution in [3.63, 3.8) is 0 Å². The van der Waals surface area contributed by atoms with Crippen molar-refractivity contribution < 1.29 is 0 Å². The van der Waals surface area contributed by atoms with Gasteiger partial charge in [-0.2, -0.15) is 15.5 Å². The fourth-order valence-corrected chi connectivity index (χ4v) is 2.85. The number of nitrogens with one attached hydrogen (secondary N) is 2. The Morgan fingerprint density at radius 1 is 1.00 bits per heavy atom. The van der Waals surface area contributed by atoms with Crippen LogP contribution in [0.15, 0.2) is 54.7 Å². The van der Waals surface area contributed by atoms with Gasteiger partial charge in [-0.15, -0.1) is 0 Å². The normalized spacial score (nSPS) is 10.3. The minimum atomic E-state index is 0.400. The molecule has 0 aliphatic rings. The first-order valence-corrected chi connectivity index (χ1v) is 8.64. The Kier molecular flexibility index (Phi) is 5.64. The van der Waals surface area contributed by atoms with Crippen molar-refractivity contribution in [2.75, 3.05) is 10.6 Å². The molecule has 0 atom stereocenters. The van der Waals surface area contributed by atoms with Crippen LogP contribution in [0.5, 0.6) is 0 Å². The van der Waals surface area contributed by atoms with Crippen molar-refractivity contribution in [3.8, 4) is 12.1 Å². The van der Waals surface area contributed by atoms with Gasteiger partial charge in [0, 0.05) is 18.0 Å². The molecule has 0 amide bonds. The predicted molar refractivity (Wildman–Crippen MR) is 110 cm³/mol. The Morgan fingerprint density at radius 2 is 1.75 bits per heavy atom. The van der Waals surface area contributed by atoms with E-state index in [9.17, 15) is 5.26 Å². The minimum Gasteiger partial charge on any atom is -0.340 e. The van der Waals surface area contributed by atoms with Gasteiger partial charge in [-0.05, 0) is 66.9 Å². The summed E-state index contributed by atoms with van der Waals surface area (Å²) in [6, 6.07) is 17.1. The molecule has 6 nitrogen and oxygen atoms in total. The molecule has 28 heavy (non-hydrogen) atoms. The number of benzene rings is 2. The van der Waals surface area contributed by atoms with E-state index in [0.29, 0.717) is 23.0 Å². The molecular weight excluding hydrogens is 348 g/mol. The van der Waals surface area contributed by atoms with Crippen LogP contribution in [0.2, 0.25) is 0 Å². The lowest BCUT2D eigenvalue weighted by Gasteiger charge is -2.14. The lowest BCUT2D eigenvalue weighted by Crippen LogP contribution is -2.03. The van der Waals surface area contributed by atoms with E-state index in [2.05, 4.69) is 26.7 Å². The topological polar surface area (TPSA) is 97.4 Å². The molecule has 0 aliphatic heterocycles. The van der Waals surface area contributed by atoms with Crippen molar-refractivity contribution >= 4 is 29.2 Å². The first kappa shape index (κ1) is 18.6. The maximum atomic E-state index is 9.22. The zero-order chi connectivity index (χ0) is 19.9. The Morgan fingerprint density at radius 3 is 2.46 bits per heavy atom. The molecular formula is C22H18N6. The van der Waals surface area contributed by atoms with Gasteiger partial charge in [0.15, 0.2) is 0 Å². The highest BCUT2D eigenvalue weighted by atomic mass is 15.1. The van der Waals surface area contributed by atoms with Crippen LogP contribution in [0, 0.1) is 36.5 Å². The molecule has 0 saturated carbocycles. The van der Waals surface area contributed by atoms with Crippen molar-refractivity contribution in [3.05, 3.63) is 77.0 Å².